The number of nitrogens with one attached hydrogen (secondary N) is 1. The number of nitrogens with zero attached hydrogens (tertiary/aromatic N) is 1. The molecule has 1 amide bonds. The summed E-state index contributed by atoms with van der Waals surface area (Å²) < 4.78 is 36.7. The molecule has 9 heteroatoms. The van der Waals surface area contributed by atoms with Gasteiger partial charge in [-0.25, -0.2) is 8.42 Å². The van der Waals surface area contributed by atoms with E-state index in [-0.39, 0.29) is 6.04 Å². The van der Waals surface area contributed by atoms with Gasteiger partial charge in [-0.3, -0.25) is 9.10 Å². The van der Waals surface area contributed by atoms with Gasteiger partial charge in [-0.2, -0.15) is 0 Å². The maximum atomic E-state index is 13.1. The van der Waals surface area contributed by atoms with Gasteiger partial charge < -0.3 is 14.8 Å². The van der Waals surface area contributed by atoms with E-state index >= 15 is 0 Å². The van der Waals surface area contributed by atoms with E-state index in [1.54, 1.807) is 50.4 Å². The second-order valence-corrected chi connectivity index (χ2v) is 9.10. The van der Waals surface area contributed by atoms with E-state index in [4.69, 9.17) is 21.1 Å². The number of hydrogen-bond donors (Lipinski definition) is 1. The highest BCUT2D eigenvalue weighted by atomic mass is 35.5. The Balaban J connectivity index is 2.30. The molecular formula is C21H27ClN2O5S. The minimum absolute atomic E-state index is 0.292. The zero-order chi connectivity index (χ0) is 22.5. The molecule has 164 valence electrons. The number of rotatable bonds is 9. The summed E-state index contributed by atoms with van der Waals surface area (Å²) in [5.74, 6) is 0.722. The number of ether oxygens (including phenoxy) is 2. The number of benzene rings is 2. The molecule has 0 spiro atoms. The lowest BCUT2D eigenvalue weighted by atomic mass is 10.1. The Bertz CT molecular complexity index is 979. The summed E-state index contributed by atoms with van der Waals surface area (Å²) in [6.45, 7) is 3.58. The van der Waals surface area contributed by atoms with Crippen LogP contribution in [0.2, 0.25) is 5.02 Å². The van der Waals surface area contributed by atoms with Crippen molar-refractivity contribution in [3.63, 3.8) is 0 Å². The van der Waals surface area contributed by atoms with E-state index in [9.17, 15) is 13.2 Å². The molecule has 0 fully saturated rings. The van der Waals surface area contributed by atoms with Crippen molar-refractivity contribution in [2.45, 2.75) is 32.4 Å². The molecule has 0 aliphatic heterocycles. The summed E-state index contributed by atoms with van der Waals surface area (Å²) in [5, 5.41) is 3.38. The van der Waals surface area contributed by atoms with Crippen LogP contribution in [0.5, 0.6) is 11.5 Å². The first-order chi connectivity index (χ1) is 14.1. The zero-order valence-electron chi connectivity index (χ0n) is 17.7. The van der Waals surface area contributed by atoms with Crippen LogP contribution in [0.4, 0.5) is 5.69 Å². The third-order valence-electron chi connectivity index (χ3n) is 4.68. The third kappa shape index (κ3) is 5.58. The SMILES string of the molecule is CC[C@@H](C(=O)N[C@H](C)c1ccc(OC)c(OC)c1)N(c1ccc(Cl)cc1)S(C)(=O)=O. The summed E-state index contributed by atoms with van der Waals surface area (Å²) >= 11 is 5.92. The molecule has 0 aliphatic carbocycles. The number of methoxy groups -OCH3 is 2. The van der Waals surface area contributed by atoms with Crippen molar-refractivity contribution in [2.24, 2.45) is 0 Å². The molecular weight excluding hydrogens is 428 g/mol. The predicted molar refractivity (Wildman–Crippen MR) is 119 cm³/mol. The lowest BCUT2D eigenvalue weighted by Gasteiger charge is -2.31. The molecule has 0 aliphatic rings. The fraction of sp³-hybridized carbons (Fsp3) is 0.381. The summed E-state index contributed by atoms with van der Waals surface area (Å²) in [6.07, 6.45) is 1.37. The topological polar surface area (TPSA) is 84.9 Å². The summed E-state index contributed by atoms with van der Waals surface area (Å²) in [6, 6.07) is 10.4. The van der Waals surface area contributed by atoms with E-state index in [1.807, 2.05) is 13.0 Å². The Hall–Kier alpha value is -2.45. The van der Waals surface area contributed by atoms with E-state index in [0.717, 1.165) is 16.1 Å². The molecule has 2 atom stereocenters. The van der Waals surface area contributed by atoms with Crippen molar-refractivity contribution in [3.8, 4) is 11.5 Å². The number of hydrogen-bond acceptors (Lipinski definition) is 5. The van der Waals surface area contributed by atoms with Crippen LogP contribution >= 0.6 is 11.6 Å². The Morgan fingerprint density at radius 3 is 2.20 bits per heavy atom. The Morgan fingerprint density at radius 1 is 1.10 bits per heavy atom. The van der Waals surface area contributed by atoms with Crippen LogP contribution in [-0.2, 0) is 14.8 Å². The van der Waals surface area contributed by atoms with Crippen molar-refractivity contribution in [3.05, 3.63) is 53.1 Å². The van der Waals surface area contributed by atoms with Gasteiger partial charge in [-0.05, 0) is 55.3 Å². The monoisotopic (exact) mass is 454 g/mol. The molecule has 0 radical (unpaired) electrons. The molecule has 0 heterocycles. The van der Waals surface area contributed by atoms with Gasteiger partial charge in [0.15, 0.2) is 11.5 Å². The average Bonchev–Trinajstić information content (AvgIpc) is 2.71. The lowest BCUT2D eigenvalue weighted by Crippen LogP contribution is -2.49. The highest BCUT2D eigenvalue weighted by Gasteiger charge is 2.32. The molecule has 0 bridgehead atoms. The van der Waals surface area contributed by atoms with Gasteiger partial charge in [0.25, 0.3) is 0 Å². The second-order valence-electron chi connectivity index (χ2n) is 6.80. The van der Waals surface area contributed by atoms with Crippen LogP contribution in [0, 0.1) is 0 Å². The standard InChI is InChI=1S/C21H27ClN2O5S/c1-6-18(24(30(5,26)27)17-10-8-16(22)9-11-17)21(25)23-14(2)15-7-12-19(28-3)20(13-15)29-4/h7-14,18H,6H2,1-5H3,(H,23,25)/t14-,18+/m1/s1. The van der Waals surface area contributed by atoms with Crippen LogP contribution in [0.25, 0.3) is 0 Å². The molecule has 2 rings (SSSR count). The smallest absolute Gasteiger partial charge is 0.244 e. The van der Waals surface area contributed by atoms with Crippen molar-refractivity contribution in [2.75, 3.05) is 24.8 Å². The zero-order valence-corrected chi connectivity index (χ0v) is 19.3. The van der Waals surface area contributed by atoms with Crippen molar-refractivity contribution in [1.29, 1.82) is 0 Å². The summed E-state index contributed by atoms with van der Waals surface area (Å²) in [7, 11) is -0.632. The molecule has 0 saturated carbocycles. The normalized spacial score (nSPS) is 13.3. The van der Waals surface area contributed by atoms with Crippen LogP contribution in [0.15, 0.2) is 42.5 Å². The number of anilines is 1. The molecule has 0 saturated heterocycles. The van der Waals surface area contributed by atoms with E-state index in [2.05, 4.69) is 5.32 Å². The van der Waals surface area contributed by atoms with Gasteiger partial charge in [-0.1, -0.05) is 24.6 Å². The maximum absolute atomic E-state index is 13.1. The quantitative estimate of drug-likeness (QED) is 0.623. The molecule has 0 unspecified atom stereocenters. The highest BCUT2D eigenvalue weighted by molar-refractivity contribution is 7.92. The maximum Gasteiger partial charge on any atom is 0.244 e. The van der Waals surface area contributed by atoms with Crippen LogP contribution in [0.3, 0.4) is 0 Å². The first-order valence-corrected chi connectivity index (χ1v) is 11.6. The number of carbonyl (C=O) groups excluding carboxylic acids is 1. The van der Waals surface area contributed by atoms with Crippen LogP contribution in [-0.4, -0.2) is 40.8 Å². The van der Waals surface area contributed by atoms with Crippen molar-refractivity contribution < 1.29 is 22.7 Å². The lowest BCUT2D eigenvalue weighted by molar-refractivity contribution is -0.122. The highest BCUT2D eigenvalue weighted by Crippen LogP contribution is 2.30. The van der Waals surface area contributed by atoms with Gasteiger partial charge in [0.2, 0.25) is 15.9 Å². The minimum atomic E-state index is -3.71. The minimum Gasteiger partial charge on any atom is -0.493 e. The van der Waals surface area contributed by atoms with E-state index in [1.165, 1.54) is 7.11 Å². The molecule has 2 aromatic rings. The average molecular weight is 455 g/mol. The number of halogens is 1. The van der Waals surface area contributed by atoms with Crippen molar-refractivity contribution in [1.82, 2.24) is 5.32 Å². The second kappa shape index (κ2) is 10.0. The number of carbonyl (C=O) groups is 1. The number of amides is 1. The summed E-state index contributed by atoms with van der Waals surface area (Å²) in [5.41, 5.74) is 1.18. The molecule has 0 aromatic heterocycles. The summed E-state index contributed by atoms with van der Waals surface area (Å²) in [4.78, 5) is 13.1. The van der Waals surface area contributed by atoms with E-state index in [0.29, 0.717) is 28.6 Å². The number of sulfonamides is 1. The van der Waals surface area contributed by atoms with Crippen LogP contribution < -0.4 is 19.1 Å². The fourth-order valence-electron chi connectivity index (χ4n) is 3.16. The predicted octanol–water partition coefficient (Wildman–Crippen LogP) is 3.78. The van der Waals surface area contributed by atoms with E-state index < -0.39 is 22.0 Å². The van der Waals surface area contributed by atoms with Gasteiger partial charge in [0.05, 0.1) is 32.2 Å². The largest absolute Gasteiger partial charge is 0.493 e. The Labute approximate surface area is 183 Å². The first-order valence-electron chi connectivity index (χ1n) is 9.39. The first kappa shape index (κ1) is 23.8. The molecule has 1 N–H and O–H groups in total. The van der Waals surface area contributed by atoms with Gasteiger partial charge in [0.1, 0.15) is 6.04 Å². The van der Waals surface area contributed by atoms with Crippen LogP contribution in [0.1, 0.15) is 31.9 Å². The van der Waals surface area contributed by atoms with Gasteiger partial charge in [-0.15, -0.1) is 0 Å². The third-order valence-corrected chi connectivity index (χ3v) is 6.11. The molecule has 2 aromatic carbocycles. The molecule has 30 heavy (non-hydrogen) atoms. The Morgan fingerprint density at radius 2 is 1.70 bits per heavy atom. The fourth-order valence-corrected chi connectivity index (χ4v) is 4.50. The van der Waals surface area contributed by atoms with Gasteiger partial charge >= 0.3 is 0 Å². The Kier molecular flexibility index (Phi) is 7.97. The van der Waals surface area contributed by atoms with Crippen molar-refractivity contribution >= 4 is 33.2 Å². The van der Waals surface area contributed by atoms with Gasteiger partial charge in [0, 0.05) is 5.02 Å². The molecule has 7 nitrogen and oxygen atoms in total.